The third-order valence-corrected chi connectivity index (χ3v) is 2.41. The van der Waals surface area contributed by atoms with Gasteiger partial charge in [0, 0.05) is 12.1 Å². The molecule has 2 aromatic carbocycles. The summed E-state index contributed by atoms with van der Waals surface area (Å²) in [7, 11) is 0. The van der Waals surface area contributed by atoms with Gasteiger partial charge in [0.1, 0.15) is 5.82 Å². The second-order valence-corrected chi connectivity index (χ2v) is 3.69. The Morgan fingerprint density at radius 3 is 2.41 bits per heavy atom. The van der Waals surface area contributed by atoms with E-state index in [1.54, 1.807) is 18.2 Å². The predicted octanol–water partition coefficient (Wildman–Crippen LogP) is 3.05. The SMILES string of the molecule is Fc1ccccc1CONCc1ccccc1. The third-order valence-electron chi connectivity index (χ3n) is 2.41. The van der Waals surface area contributed by atoms with Crippen molar-refractivity contribution in [2.45, 2.75) is 13.2 Å². The molecule has 0 saturated carbocycles. The average molecular weight is 231 g/mol. The maximum atomic E-state index is 13.2. The van der Waals surface area contributed by atoms with Gasteiger partial charge in [-0.1, -0.05) is 48.5 Å². The summed E-state index contributed by atoms with van der Waals surface area (Å²) in [6, 6.07) is 16.5. The molecule has 0 radical (unpaired) electrons. The van der Waals surface area contributed by atoms with E-state index in [0.717, 1.165) is 5.56 Å². The number of hydrogen-bond donors (Lipinski definition) is 1. The first-order valence-electron chi connectivity index (χ1n) is 5.48. The number of halogens is 1. The van der Waals surface area contributed by atoms with E-state index in [-0.39, 0.29) is 12.4 Å². The summed E-state index contributed by atoms with van der Waals surface area (Å²) in [5, 5.41) is 0. The van der Waals surface area contributed by atoms with Crippen LogP contribution >= 0.6 is 0 Å². The van der Waals surface area contributed by atoms with Crippen LogP contribution in [0, 0.1) is 5.82 Å². The molecule has 0 amide bonds. The smallest absolute Gasteiger partial charge is 0.128 e. The van der Waals surface area contributed by atoms with E-state index >= 15 is 0 Å². The van der Waals surface area contributed by atoms with E-state index in [1.807, 2.05) is 30.3 Å². The average Bonchev–Trinajstić information content (AvgIpc) is 2.38. The normalized spacial score (nSPS) is 10.4. The van der Waals surface area contributed by atoms with Gasteiger partial charge in [-0.05, 0) is 11.6 Å². The number of rotatable bonds is 5. The van der Waals surface area contributed by atoms with Gasteiger partial charge in [-0.15, -0.1) is 0 Å². The van der Waals surface area contributed by atoms with Crippen molar-refractivity contribution >= 4 is 0 Å². The summed E-state index contributed by atoms with van der Waals surface area (Å²) in [6.45, 7) is 0.828. The maximum absolute atomic E-state index is 13.2. The first kappa shape index (κ1) is 11.8. The lowest BCUT2D eigenvalue weighted by Crippen LogP contribution is -2.14. The van der Waals surface area contributed by atoms with E-state index in [0.29, 0.717) is 12.1 Å². The van der Waals surface area contributed by atoms with Gasteiger partial charge in [0.15, 0.2) is 0 Å². The van der Waals surface area contributed by atoms with E-state index in [4.69, 9.17) is 4.84 Å². The largest absolute Gasteiger partial charge is 0.297 e. The lowest BCUT2D eigenvalue weighted by Gasteiger charge is -2.06. The Labute approximate surface area is 100 Å². The zero-order valence-corrected chi connectivity index (χ0v) is 9.40. The van der Waals surface area contributed by atoms with Gasteiger partial charge in [-0.25, -0.2) is 4.39 Å². The standard InChI is InChI=1S/C14H14FNO/c15-14-9-5-4-8-13(14)11-17-16-10-12-6-2-1-3-7-12/h1-9,16H,10-11H2. The fourth-order valence-electron chi connectivity index (χ4n) is 1.47. The van der Waals surface area contributed by atoms with E-state index in [1.165, 1.54) is 6.07 Å². The molecular weight excluding hydrogens is 217 g/mol. The zero-order chi connectivity index (χ0) is 11.9. The lowest BCUT2D eigenvalue weighted by molar-refractivity contribution is 0.0220. The van der Waals surface area contributed by atoms with Crippen LogP contribution < -0.4 is 5.48 Å². The highest BCUT2D eigenvalue weighted by atomic mass is 19.1. The van der Waals surface area contributed by atoms with Crippen molar-refractivity contribution in [2.75, 3.05) is 0 Å². The highest BCUT2D eigenvalue weighted by Crippen LogP contribution is 2.07. The maximum Gasteiger partial charge on any atom is 0.128 e. The molecule has 0 spiro atoms. The molecule has 2 rings (SSSR count). The Balaban J connectivity index is 1.76. The van der Waals surface area contributed by atoms with Crippen molar-refractivity contribution in [2.24, 2.45) is 0 Å². The quantitative estimate of drug-likeness (QED) is 0.630. The molecule has 0 aliphatic heterocycles. The van der Waals surface area contributed by atoms with Gasteiger partial charge in [-0.2, -0.15) is 5.48 Å². The molecule has 0 heterocycles. The fourth-order valence-corrected chi connectivity index (χ4v) is 1.47. The summed E-state index contributed by atoms with van der Waals surface area (Å²) in [5.74, 6) is -0.242. The summed E-state index contributed by atoms with van der Waals surface area (Å²) >= 11 is 0. The van der Waals surface area contributed by atoms with Crippen LogP contribution in [0.15, 0.2) is 54.6 Å². The Morgan fingerprint density at radius 1 is 0.941 bits per heavy atom. The molecule has 0 saturated heterocycles. The Kier molecular flexibility index (Phi) is 4.24. The number of hydrogen-bond acceptors (Lipinski definition) is 2. The molecule has 17 heavy (non-hydrogen) atoms. The fraction of sp³-hybridized carbons (Fsp3) is 0.143. The molecule has 0 unspecified atom stereocenters. The second-order valence-electron chi connectivity index (χ2n) is 3.69. The van der Waals surface area contributed by atoms with Crippen LogP contribution in [0.3, 0.4) is 0 Å². The van der Waals surface area contributed by atoms with Crippen LogP contribution in [-0.2, 0) is 18.0 Å². The lowest BCUT2D eigenvalue weighted by atomic mass is 10.2. The number of benzene rings is 2. The molecule has 0 atom stereocenters. The Bertz CT molecular complexity index is 459. The van der Waals surface area contributed by atoms with Gasteiger partial charge >= 0.3 is 0 Å². The minimum absolute atomic E-state index is 0.222. The third kappa shape index (κ3) is 3.66. The van der Waals surface area contributed by atoms with Crippen LogP contribution in [-0.4, -0.2) is 0 Å². The molecule has 0 fully saturated rings. The van der Waals surface area contributed by atoms with Crippen LogP contribution in [0.4, 0.5) is 4.39 Å². The van der Waals surface area contributed by atoms with Crippen molar-refractivity contribution < 1.29 is 9.23 Å². The van der Waals surface area contributed by atoms with Gasteiger partial charge in [0.25, 0.3) is 0 Å². The van der Waals surface area contributed by atoms with Crippen molar-refractivity contribution in [3.63, 3.8) is 0 Å². The second kappa shape index (κ2) is 6.13. The summed E-state index contributed by atoms with van der Waals surface area (Å²) in [4.78, 5) is 5.21. The van der Waals surface area contributed by atoms with Crippen LogP contribution in [0.5, 0.6) is 0 Å². The molecule has 3 heteroatoms. The number of hydroxylamine groups is 1. The monoisotopic (exact) mass is 231 g/mol. The molecule has 0 aliphatic rings. The van der Waals surface area contributed by atoms with E-state index < -0.39 is 0 Å². The predicted molar refractivity (Wildman–Crippen MR) is 64.5 cm³/mol. The molecule has 88 valence electrons. The van der Waals surface area contributed by atoms with Gasteiger partial charge in [0.2, 0.25) is 0 Å². The molecule has 1 N–H and O–H groups in total. The zero-order valence-electron chi connectivity index (χ0n) is 9.40. The van der Waals surface area contributed by atoms with Gasteiger partial charge in [0.05, 0.1) is 6.61 Å². The molecule has 0 aliphatic carbocycles. The van der Waals surface area contributed by atoms with Crippen molar-refractivity contribution in [1.82, 2.24) is 5.48 Å². The van der Waals surface area contributed by atoms with Crippen molar-refractivity contribution in [3.8, 4) is 0 Å². The minimum Gasteiger partial charge on any atom is -0.297 e. The Morgan fingerprint density at radius 2 is 1.65 bits per heavy atom. The van der Waals surface area contributed by atoms with Crippen LogP contribution in [0.2, 0.25) is 0 Å². The van der Waals surface area contributed by atoms with E-state index in [2.05, 4.69) is 5.48 Å². The van der Waals surface area contributed by atoms with E-state index in [9.17, 15) is 4.39 Å². The van der Waals surface area contributed by atoms with Gasteiger partial charge < -0.3 is 0 Å². The van der Waals surface area contributed by atoms with Crippen LogP contribution in [0.1, 0.15) is 11.1 Å². The molecule has 2 nitrogen and oxygen atoms in total. The topological polar surface area (TPSA) is 21.3 Å². The first-order valence-corrected chi connectivity index (χ1v) is 5.48. The molecular formula is C14H14FNO. The van der Waals surface area contributed by atoms with Crippen molar-refractivity contribution in [3.05, 3.63) is 71.5 Å². The molecule has 0 aromatic heterocycles. The first-order chi connectivity index (χ1) is 8.36. The summed E-state index contributed by atoms with van der Waals surface area (Å²) < 4.78 is 13.2. The summed E-state index contributed by atoms with van der Waals surface area (Å²) in [5.41, 5.74) is 4.49. The number of nitrogens with one attached hydrogen (secondary N) is 1. The highest BCUT2D eigenvalue weighted by Gasteiger charge is 1.99. The van der Waals surface area contributed by atoms with Crippen LogP contribution in [0.25, 0.3) is 0 Å². The minimum atomic E-state index is -0.242. The highest BCUT2D eigenvalue weighted by molar-refractivity contribution is 5.16. The molecule has 2 aromatic rings. The van der Waals surface area contributed by atoms with Gasteiger partial charge in [-0.3, -0.25) is 4.84 Å². The Hall–Kier alpha value is -1.71. The summed E-state index contributed by atoms with van der Waals surface area (Å²) in [6.07, 6.45) is 0. The van der Waals surface area contributed by atoms with Crippen molar-refractivity contribution in [1.29, 1.82) is 0 Å². The molecule has 0 bridgehead atoms.